The fraction of sp³-hybridized carbons (Fsp3) is 0.417. The van der Waals surface area contributed by atoms with Crippen molar-refractivity contribution in [3.05, 3.63) is 35.4 Å². The molecule has 1 aromatic carbocycles. The van der Waals surface area contributed by atoms with Gasteiger partial charge >= 0.3 is 5.97 Å². The van der Waals surface area contributed by atoms with Crippen LogP contribution in [0.15, 0.2) is 24.3 Å². The largest absolute Gasteiger partial charge is 0.373 e. The smallest absolute Gasteiger partial charge is 0.292 e. The first-order valence-corrected chi connectivity index (χ1v) is 4.85. The number of carbonyl (C=O) groups excluding carboxylic acids is 1. The Morgan fingerprint density at radius 3 is 2.47 bits per heavy atom. The molecule has 1 rings (SSSR count). The van der Waals surface area contributed by atoms with Crippen molar-refractivity contribution in [2.45, 2.75) is 33.3 Å². The number of carbonyl (C=O) groups is 1. The van der Waals surface area contributed by atoms with E-state index in [1.165, 1.54) is 0 Å². The lowest BCUT2D eigenvalue weighted by molar-refractivity contribution is -0.301. The van der Waals surface area contributed by atoms with Crippen LogP contribution in [-0.4, -0.2) is 11.6 Å². The van der Waals surface area contributed by atoms with Crippen LogP contribution in [0.25, 0.3) is 0 Å². The first kappa shape index (κ1) is 11.7. The van der Waals surface area contributed by atoms with Gasteiger partial charge in [0.2, 0.25) is 0 Å². The van der Waals surface area contributed by atoms with Gasteiger partial charge in [-0.1, -0.05) is 17.7 Å². The first-order chi connectivity index (χ1) is 6.88. The summed E-state index contributed by atoms with van der Waals surface area (Å²) in [7, 11) is 0. The Hall–Kier alpha value is -1.35. The number of aryl methyl sites for hydroxylation is 1. The Morgan fingerprint density at radius 1 is 1.27 bits per heavy atom. The Labute approximate surface area is 89.9 Å². The van der Waals surface area contributed by atoms with Crippen LogP contribution in [0, 0.1) is 6.92 Å². The molecule has 0 amide bonds. The lowest BCUT2D eigenvalue weighted by atomic mass is 10.1. The Balaban J connectivity index is 2.62. The quantitative estimate of drug-likeness (QED) is 0.553. The molecule has 0 atom stereocenters. The fourth-order valence-corrected chi connectivity index (χ4v) is 0.983. The van der Waals surface area contributed by atoms with Crippen LogP contribution < -0.4 is 0 Å². The normalized spacial score (nSPS) is 11.2. The zero-order chi connectivity index (χ0) is 11.5. The van der Waals surface area contributed by atoms with Gasteiger partial charge in [0.05, 0.1) is 5.56 Å². The number of rotatable bonds is 2. The van der Waals surface area contributed by atoms with Crippen LogP contribution in [0.1, 0.15) is 36.7 Å². The third-order valence-electron chi connectivity index (χ3n) is 1.62. The predicted octanol–water partition coefficient (Wildman–Crippen LogP) is 2.88. The van der Waals surface area contributed by atoms with Gasteiger partial charge in [0.25, 0.3) is 0 Å². The van der Waals surface area contributed by atoms with E-state index in [1.54, 1.807) is 12.1 Å². The van der Waals surface area contributed by atoms with Crippen molar-refractivity contribution in [2.75, 3.05) is 0 Å². The maximum Gasteiger partial charge on any atom is 0.373 e. The van der Waals surface area contributed by atoms with Gasteiger partial charge < -0.3 is 0 Å². The van der Waals surface area contributed by atoms with Crippen molar-refractivity contribution in [3.8, 4) is 0 Å². The van der Waals surface area contributed by atoms with Gasteiger partial charge in [-0.25, -0.2) is 4.79 Å². The molecule has 0 saturated carbocycles. The van der Waals surface area contributed by atoms with E-state index in [-0.39, 0.29) is 0 Å². The van der Waals surface area contributed by atoms with Gasteiger partial charge in [0.15, 0.2) is 0 Å². The molecule has 0 aliphatic rings. The molecule has 0 aliphatic heterocycles. The minimum atomic E-state index is -0.487. The average molecular weight is 208 g/mol. The maximum absolute atomic E-state index is 11.5. The van der Waals surface area contributed by atoms with Crippen LogP contribution in [-0.2, 0) is 9.78 Å². The van der Waals surface area contributed by atoms with Crippen molar-refractivity contribution >= 4 is 5.97 Å². The molecule has 0 N–H and O–H groups in total. The van der Waals surface area contributed by atoms with E-state index in [1.807, 2.05) is 39.8 Å². The molecule has 0 aromatic heterocycles. The van der Waals surface area contributed by atoms with Gasteiger partial charge in [-0.2, -0.15) is 4.89 Å². The van der Waals surface area contributed by atoms with E-state index in [0.717, 1.165) is 5.56 Å². The van der Waals surface area contributed by atoms with Crippen molar-refractivity contribution in [1.82, 2.24) is 0 Å². The molecule has 0 heterocycles. The zero-order valence-corrected chi connectivity index (χ0v) is 9.53. The summed E-state index contributed by atoms with van der Waals surface area (Å²) in [6, 6.07) is 7.18. The van der Waals surface area contributed by atoms with E-state index in [9.17, 15) is 4.79 Å². The molecule has 0 radical (unpaired) electrons. The van der Waals surface area contributed by atoms with Gasteiger partial charge in [0.1, 0.15) is 5.60 Å². The van der Waals surface area contributed by atoms with Gasteiger partial charge in [-0.05, 0) is 39.8 Å². The topological polar surface area (TPSA) is 35.5 Å². The molecule has 0 aliphatic carbocycles. The second kappa shape index (κ2) is 4.45. The van der Waals surface area contributed by atoms with Gasteiger partial charge in [-0.3, -0.25) is 4.89 Å². The Bertz CT molecular complexity index is 350. The molecule has 1 aromatic rings. The van der Waals surface area contributed by atoms with Crippen molar-refractivity contribution < 1.29 is 14.6 Å². The molecule has 0 unspecified atom stereocenters. The standard InChI is InChI=1S/C12H16O3/c1-9-6-5-7-10(8-9)11(13)14-15-12(2,3)4/h5-8H,1-4H3. The summed E-state index contributed by atoms with van der Waals surface area (Å²) in [4.78, 5) is 21.1. The number of benzene rings is 1. The van der Waals surface area contributed by atoms with Gasteiger partial charge in [-0.15, -0.1) is 0 Å². The monoisotopic (exact) mass is 208 g/mol. The summed E-state index contributed by atoms with van der Waals surface area (Å²) >= 11 is 0. The molecule has 3 heteroatoms. The summed E-state index contributed by atoms with van der Waals surface area (Å²) in [6.45, 7) is 7.37. The highest BCUT2D eigenvalue weighted by Gasteiger charge is 2.16. The van der Waals surface area contributed by atoms with Crippen molar-refractivity contribution in [1.29, 1.82) is 0 Å². The van der Waals surface area contributed by atoms with E-state index < -0.39 is 11.6 Å². The molecular weight excluding hydrogens is 192 g/mol. The molecular formula is C12H16O3. The van der Waals surface area contributed by atoms with Crippen LogP contribution in [0.2, 0.25) is 0 Å². The van der Waals surface area contributed by atoms with Gasteiger partial charge in [0, 0.05) is 0 Å². The highest BCUT2D eigenvalue weighted by molar-refractivity contribution is 5.89. The van der Waals surface area contributed by atoms with E-state index >= 15 is 0 Å². The van der Waals surface area contributed by atoms with Crippen LogP contribution in [0.4, 0.5) is 0 Å². The maximum atomic E-state index is 11.5. The molecule has 0 bridgehead atoms. The summed E-state index contributed by atoms with van der Waals surface area (Å²) in [5, 5.41) is 0. The SMILES string of the molecule is Cc1cccc(C(=O)OOC(C)(C)C)c1. The Kier molecular flexibility index (Phi) is 3.48. The minimum absolute atomic E-state index is 0.464. The lowest BCUT2D eigenvalue weighted by Crippen LogP contribution is -2.21. The summed E-state index contributed by atoms with van der Waals surface area (Å²) < 4.78 is 0. The summed E-state index contributed by atoms with van der Waals surface area (Å²) in [5.74, 6) is -0.464. The molecule has 0 spiro atoms. The van der Waals surface area contributed by atoms with E-state index in [0.29, 0.717) is 5.56 Å². The van der Waals surface area contributed by atoms with Crippen LogP contribution >= 0.6 is 0 Å². The minimum Gasteiger partial charge on any atom is -0.292 e. The average Bonchev–Trinajstić information content (AvgIpc) is 2.13. The third-order valence-corrected chi connectivity index (χ3v) is 1.62. The fourth-order valence-electron chi connectivity index (χ4n) is 0.983. The van der Waals surface area contributed by atoms with Crippen LogP contribution in [0.3, 0.4) is 0 Å². The number of hydrogen-bond donors (Lipinski definition) is 0. The molecule has 0 fully saturated rings. The predicted molar refractivity (Wildman–Crippen MR) is 57.4 cm³/mol. The molecule has 0 saturated heterocycles. The summed E-state index contributed by atoms with van der Waals surface area (Å²) in [5.41, 5.74) is 1.03. The molecule has 3 nitrogen and oxygen atoms in total. The van der Waals surface area contributed by atoms with E-state index in [4.69, 9.17) is 9.78 Å². The molecule has 82 valence electrons. The third kappa shape index (κ3) is 4.13. The van der Waals surface area contributed by atoms with Crippen molar-refractivity contribution in [3.63, 3.8) is 0 Å². The van der Waals surface area contributed by atoms with Crippen molar-refractivity contribution in [2.24, 2.45) is 0 Å². The number of hydrogen-bond acceptors (Lipinski definition) is 3. The summed E-state index contributed by atoms with van der Waals surface area (Å²) in [6.07, 6.45) is 0. The van der Waals surface area contributed by atoms with Crippen LogP contribution in [0.5, 0.6) is 0 Å². The highest BCUT2D eigenvalue weighted by Crippen LogP contribution is 2.11. The second-order valence-corrected chi connectivity index (χ2v) is 4.44. The molecule has 15 heavy (non-hydrogen) atoms. The highest BCUT2D eigenvalue weighted by atomic mass is 17.2. The lowest BCUT2D eigenvalue weighted by Gasteiger charge is -2.16. The first-order valence-electron chi connectivity index (χ1n) is 4.85. The van der Waals surface area contributed by atoms with E-state index in [2.05, 4.69) is 0 Å². The second-order valence-electron chi connectivity index (χ2n) is 4.44. The Morgan fingerprint density at radius 2 is 1.93 bits per heavy atom. The zero-order valence-electron chi connectivity index (χ0n) is 9.53.